The lowest BCUT2D eigenvalue weighted by atomic mass is 10.0. The number of benzene rings is 2. The molecule has 3 aliphatic rings. The van der Waals surface area contributed by atoms with Gasteiger partial charge in [-0.3, -0.25) is 14.7 Å². The Hall–Kier alpha value is -3.84. The Morgan fingerprint density at radius 2 is 1.79 bits per heavy atom. The van der Waals surface area contributed by atoms with Gasteiger partial charge < -0.3 is 19.9 Å². The molecule has 0 saturated carbocycles. The molecule has 1 amide bonds. The molecule has 1 N–H and O–H groups in total. The lowest BCUT2D eigenvalue weighted by Gasteiger charge is -2.36. The first-order valence-electron chi connectivity index (χ1n) is 14.4. The number of amides is 1. The molecule has 9 heteroatoms. The highest BCUT2D eigenvalue weighted by atomic mass is 19.3. The molecule has 218 valence electrons. The first kappa shape index (κ1) is 28.3. The quantitative estimate of drug-likeness (QED) is 0.460. The molecule has 0 radical (unpaired) electrons. The standard InChI is InChI=1S/C33H35F2N5O2/c1-23-3-5-26(18-25(23)6-4-24-17-28(22-36-21-24)39-13-15-42-16-14-39)32(41)37-27-7-8-29-30(19-27)33(34,35)20-31(29)40-11-9-38(2)10-12-40/h3,5,7-8,17-19,21-22,31H,9-16,20H2,1-2H3,(H,37,41). The number of anilines is 2. The summed E-state index contributed by atoms with van der Waals surface area (Å²) in [7, 11) is 2.05. The monoisotopic (exact) mass is 571 g/mol. The Labute approximate surface area is 245 Å². The molecule has 1 atom stereocenters. The molecule has 2 aromatic carbocycles. The van der Waals surface area contributed by atoms with Gasteiger partial charge in [0, 0.05) is 85.9 Å². The molecule has 42 heavy (non-hydrogen) atoms. The van der Waals surface area contributed by atoms with Crippen molar-refractivity contribution < 1.29 is 18.3 Å². The lowest BCUT2D eigenvalue weighted by Crippen LogP contribution is -2.45. The number of likely N-dealkylation sites (N-methyl/N-ethyl adjacent to an activating group) is 1. The predicted octanol–water partition coefficient (Wildman–Crippen LogP) is 4.66. The average Bonchev–Trinajstić information content (AvgIpc) is 3.27. The fourth-order valence-electron chi connectivity index (χ4n) is 5.89. The number of halogens is 2. The number of nitrogens with zero attached hydrogens (tertiary/aromatic N) is 4. The number of ether oxygens (including phenoxy) is 1. The van der Waals surface area contributed by atoms with Crippen LogP contribution in [0.25, 0.3) is 0 Å². The van der Waals surface area contributed by atoms with E-state index >= 15 is 8.78 Å². The number of hydrogen-bond acceptors (Lipinski definition) is 6. The van der Waals surface area contributed by atoms with E-state index < -0.39 is 5.92 Å². The highest BCUT2D eigenvalue weighted by Gasteiger charge is 2.47. The van der Waals surface area contributed by atoms with Crippen molar-refractivity contribution in [3.63, 3.8) is 0 Å². The van der Waals surface area contributed by atoms with Gasteiger partial charge in [0.25, 0.3) is 11.8 Å². The number of morpholine rings is 1. The van der Waals surface area contributed by atoms with Crippen LogP contribution < -0.4 is 10.2 Å². The molecule has 1 aromatic heterocycles. The Morgan fingerprint density at radius 3 is 2.57 bits per heavy atom. The summed E-state index contributed by atoms with van der Waals surface area (Å²) < 4.78 is 35.7. The van der Waals surface area contributed by atoms with Gasteiger partial charge in [-0.2, -0.15) is 0 Å². The summed E-state index contributed by atoms with van der Waals surface area (Å²) in [5, 5.41) is 2.82. The van der Waals surface area contributed by atoms with E-state index in [9.17, 15) is 4.79 Å². The van der Waals surface area contributed by atoms with Gasteiger partial charge in [0.2, 0.25) is 0 Å². The van der Waals surface area contributed by atoms with Gasteiger partial charge in [-0.25, -0.2) is 8.78 Å². The maximum Gasteiger partial charge on any atom is 0.275 e. The van der Waals surface area contributed by atoms with Crippen LogP contribution in [0.5, 0.6) is 0 Å². The minimum atomic E-state index is -2.94. The molecule has 2 aliphatic heterocycles. The van der Waals surface area contributed by atoms with E-state index in [2.05, 4.69) is 43.9 Å². The van der Waals surface area contributed by atoms with Gasteiger partial charge >= 0.3 is 0 Å². The number of nitrogens with one attached hydrogen (secondary N) is 1. The van der Waals surface area contributed by atoms with E-state index in [0.717, 1.165) is 61.6 Å². The van der Waals surface area contributed by atoms with Crippen LogP contribution >= 0.6 is 0 Å². The van der Waals surface area contributed by atoms with Crippen molar-refractivity contribution >= 4 is 17.3 Å². The number of rotatable bonds is 4. The first-order valence-corrected chi connectivity index (χ1v) is 14.4. The molecule has 6 rings (SSSR count). The van der Waals surface area contributed by atoms with Gasteiger partial charge in [0.1, 0.15) is 0 Å². The van der Waals surface area contributed by atoms with Crippen molar-refractivity contribution in [1.82, 2.24) is 14.8 Å². The number of pyridine rings is 1. The second-order valence-corrected chi connectivity index (χ2v) is 11.3. The second kappa shape index (κ2) is 11.8. The zero-order chi connectivity index (χ0) is 29.3. The van der Waals surface area contributed by atoms with Crippen molar-refractivity contribution in [2.24, 2.45) is 0 Å². The van der Waals surface area contributed by atoms with Crippen molar-refractivity contribution in [2.45, 2.75) is 25.3 Å². The van der Waals surface area contributed by atoms with Crippen molar-refractivity contribution in [3.05, 3.63) is 88.2 Å². The highest BCUT2D eigenvalue weighted by molar-refractivity contribution is 6.04. The van der Waals surface area contributed by atoms with E-state index in [1.165, 1.54) is 6.07 Å². The van der Waals surface area contributed by atoms with Crippen molar-refractivity contribution in [3.8, 4) is 11.8 Å². The Bertz CT molecular complexity index is 1530. The average molecular weight is 572 g/mol. The maximum atomic E-state index is 15.1. The van der Waals surface area contributed by atoms with Crippen LogP contribution in [0, 0.1) is 18.8 Å². The smallest absolute Gasteiger partial charge is 0.275 e. The van der Waals surface area contributed by atoms with Gasteiger partial charge in [0.05, 0.1) is 25.1 Å². The molecule has 2 saturated heterocycles. The minimum Gasteiger partial charge on any atom is -0.378 e. The SMILES string of the molecule is Cc1ccc(C(=O)Nc2ccc3c(c2)C(F)(F)CC3N2CCN(C)CC2)cc1C#Cc1cncc(N2CCOCC2)c1. The summed E-state index contributed by atoms with van der Waals surface area (Å²) in [4.78, 5) is 24.1. The van der Waals surface area contributed by atoms with Crippen LogP contribution in [0.1, 0.15) is 50.6 Å². The molecule has 3 aromatic rings. The topological polar surface area (TPSA) is 60.9 Å². The Balaban J connectivity index is 1.18. The molecule has 1 aliphatic carbocycles. The Morgan fingerprint density at radius 1 is 1.00 bits per heavy atom. The van der Waals surface area contributed by atoms with E-state index in [1.807, 2.05) is 25.3 Å². The molecular weight excluding hydrogens is 536 g/mol. The van der Waals surface area contributed by atoms with Crippen molar-refractivity contribution in [1.29, 1.82) is 0 Å². The molecule has 7 nitrogen and oxygen atoms in total. The molecule has 0 bridgehead atoms. The summed E-state index contributed by atoms with van der Waals surface area (Å²) in [5.41, 5.74) is 4.87. The van der Waals surface area contributed by atoms with E-state index in [1.54, 1.807) is 30.5 Å². The number of piperazine rings is 1. The molecule has 2 fully saturated rings. The minimum absolute atomic E-state index is 0.00705. The summed E-state index contributed by atoms with van der Waals surface area (Å²) in [6.45, 7) is 8.21. The number of alkyl halides is 2. The fourth-order valence-corrected chi connectivity index (χ4v) is 5.89. The van der Waals surface area contributed by atoms with E-state index in [4.69, 9.17) is 4.74 Å². The fraction of sp³-hybridized carbons (Fsp3) is 0.394. The van der Waals surface area contributed by atoms with E-state index in [0.29, 0.717) is 30.0 Å². The third kappa shape index (κ3) is 6.02. The highest BCUT2D eigenvalue weighted by Crippen LogP contribution is 2.50. The number of carbonyl (C=O) groups is 1. The summed E-state index contributed by atoms with van der Waals surface area (Å²) in [5.74, 6) is 3.05. The molecule has 3 heterocycles. The van der Waals surface area contributed by atoms with Gasteiger partial charge in [-0.15, -0.1) is 0 Å². The van der Waals surface area contributed by atoms with Crippen LogP contribution in [-0.4, -0.2) is 80.2 Å². The zero-order valence-electron chi connectivity index (χ0n) is 24.0. The lowest BCUT2D eigenvalue weighted by molar-refractivity contribution is -0.0257. The van der Waals surface area contributed by atoms with Gasteiger partial charge in [-0.1, -0.05) is 24.0 Å². The van der Waals surface area contributed by atoms with Gasteiger partial charge in [0.15, 0.2) is 0 Å². The molecule has 0 spiro atoms. The van der Waals surface area contributed by atoms with Crippen LogP contribution in [0.2, 0.25) is 0 Å². The normalized spacial score (nSPS) is 20.5. The Kier molecular flexibility index (Phi) is 7.95. The molecule has 1 unspecified atom stereocenters. The number of carbonyl (C=O) groups excluding carboxylic acids is 1. The molecular formula is C33H35F2N5O2. The zero-order valence-corrected chi connectivity index (χ0v) is 24.0. The first-order chi connectivity index (χ1) is 20.3. The summed E-state index contributed by atoms with van der Waals surface area (Å²) >= 11 is 0. The third-order valence-electron chi connectivity index (χ3n) is 8.43. The van der Waals surface area contributed by atoms with Crippen LogP contribution in [0.3, 0.4) is 0 Å². The number of hydrogen-bond donors (Lipinski definition) is 1. The van der Waals surface area contributed by atoms with Crippen LogP contribution in [0.4, 0.5) is 20.2 Å². The number of fused-ring (bicyclic) bond motifs is 1. The van der Waals surface area contributed by atoms with Crippen molar-refractivity contribution in [2.75, 3.05) is 69.7 Å². The second-order valence-electron chi connectivity index (χ2n) is 11.3. The largest absolute Gasteiger partial charge is 0.378 e. The number of aromatic nitrogens is 1. The summed E-state index contributed by atoms with van der Waals surface area (Å²) in [6.07, 6.45) is 3.32. The van der Waals surface area contributed by atoms with Crippen LogP contribution in [0.15, 0.2) is 54.9 Å². The van der Waals surface area contributed by atoms with Gasteiger partial charge in [-0.05, 0) is 55.4 Å². The summed E-state index contributed by atoms with van der Waals surface area (Å²) in [6, 6.07) is 11.9. The number of aryl methyl sites for hydroxylation is 1. The van der Waals surface area contributed by atoms with Crippen LogP contribution in [-0.2, 0) is 10.7 Å². The maximum absolute atomic E-state index is 15.1. The van der Waals surface area contributed by atoms with E-state index in [-0.39, 0.29) is 23.9 Å². The third-order valence-corrected chi connectivity index (χ3v) is 8.43. The predicted molar refractivity (Wildman–Crippen MR) is 159 cm³/mol.